The van der Waals surface area contributed by atoms with E-state index >= 15 is 0 Å². The highest BCUT2D eigenvalue weighted by Gasteiger charge is 2.05. The molecule has 0 saturated heterocycles. The minimum atomic E-state index is -0.309. The summed E-state index contributed by atoms with van der Waals surface area (Å²) in [6, 6.07) is 6.89. The van der Waals surface area contributed by atoms with Gasteiger partial charge in [0.25, 0.3) is 0 Å². The molecule has 88 valence electrons. The number of nitrogens with two attached hydrogens (primary N) is 1. The van der Waals surface area contributed by atoms with Crippen molar-refractivity contribution >= 4 is 5.97 Å². The number of carbonyl (C=O) groups excluding carboxylic acids is 1. The first-order valence-corrected chi connectivity index (χ1v) is 5.38. The Morgan fingerprint density at radius 2 is 2.00 bits per heavy atom. The Balaban J connectivity index is 2.50. The van der Waals surface area contributed by atoms with Crippen molar-refractivity contribution in [2.75, 3.05) is 19.8 Å². The van der Waals surface area contributed by atoms with E-state index in [2.05, 4.69) is 0 Å². The molecule has 0 spiro atoms. The van der Waals surface area contributed by atoms with Crippen LogP contribution in [0.15, 0.2) is 24.3 Å². The fourth-order valence-corrected chi connectivity index (χ4v) is 1.18. The zero-order valence-electron chi connectivity index (χ0n) is 9.44. The Morgan fingerprint density at radius 1 is 1.31 bits per heavy atom. The maximum Gasteiger partial charge on any atom is 0.338 e. The second-order valence-electron chi connectivity index (χ2n) is 3.24. The number of hydrogen-bond acceptors (Lipinski definition) is 4. The molecule has 0 atom stereocenters. The molecular weight excluding hydrogens is 206 g/mol. The fraction of sp³-hybridized carbons (Fsp3) is 0.417. The normalized spacial score (nSPS) is 9.88. The lowest BCUT2D eigenvalue weighted by Crippen LogP contribution is -2.07. The van der Waals surface area contributed by atoms with E-state index < -0.39 is 0 Å². The van der Waals surface area contributed by atoms with Crippen LogP contribution in [0.1, 0.15) is 23.7 Å². The summed E-state index contributed by atoms with van der Waals surface area (Å²) in [4.78, 5) is 11.3. The third-order valence-corrected chi connectivity index (χ3v) is 1.98. The van der Waals surface area contributed by atoms with Crippen molar-refractivity contribution in [1.29, 1.82) is 0 Å². The molecule has 1 aromatic rings. The second kappa shape index (κ2) is 6.85. The summed E-state index contributed by atoms with van der Waals surface area (Å²) in [5.41, 5.74) is 5.88. The highest BCUT2D eigenvalue weighted by Crippen LogP contribution is 2.13. The molecular formula is C12H17NO3. The van der Waals surface area contributed by atoms with Gasteiger partial charge in [0, 0.05) is 0 Å². The summed E-state index contributed by atoms with van der Waals surface area (Å²) in [5.74, 6) is 0.428. The average Bonchev–Trinajstić information content (AvgIpc) is 2.30. The van der Waals surface area contributed by atoms with Gasteiger partial charge in [-0.2, -0.15) is 0 Å². The SMILES string of the molecule is CCOC(=O)c1ccc(OCCCN)cc1. The summed E-state index contributed by atoms with van der Waals surface area (Å²) in [6.45, 7) is 3.37. The molecule has 0 aliphatic rings. The highest BCUT2D eigenvalue weighted by atomic mass is 16.5. The number of carbonyl (C=O) groups is 1. The van der Waals surface area contributed by atoms with Crippen molar-refractivity contribution in [3.8, 4) is 5.75 Å². The Morgan fingerprint density at radius 3 is 2.56 bits per heavy atom. The Kier molecular flexibility index (Phi) is 5.36. The zero-order valence-corrected chi connectivity index (χ0v) is 9.44. The molecule has 4 heteroatoms. The van der Waals surface area contributed by atoms with Gasteiger partial charge in [0.15, 0.2) is 0 Å². The lowest BCUT2D eigenvalue weighted by atomic mass is 10.2. The van der Waals surface area contributed by atoms with Gasteiger partial charge in [0.2, 0.25) is 0 Å². The second-order valence-corrected chi connectivity index (χ2v) is 3.24. The van der Waals surface area contributed by atoms with E-state index in [0.29, 0.717) is 25.3 Å². The highest BCUT2D eigenvalue weighted by molar-refractivity contribution is 5.89. The Bertz CT molecular complexity index is 322. The zero-order chi connectivity index (χ0) is 11.8. The van der Waals surface area contributed by atoms with Gasteiger partial charge in [-0.25, -0.2) is 4.79 Å². The molecule has 0 amide bonds. The summed E-state index contributed by atoms with van der Waals surface area (Å²) in [6.07, 6.45) is 0.819. The Hall–Kier alpha value is -1.55. The molecule has 1 aromatic carbocycles. The van der Waals surface area contributed by atoms with Crippen LogP contribution < -0.4 is 10.5 Å². The topological polar surface area (TPSA) is 61.5 Å². The van der Waals surface area contributed by atoms with Crippen LogP contribution in [0.2, 0.25) is 0 Å². The van der Waals surface area contributed by atoms with Gasteiger partial charge in [-0.05, 0) is 44.2 Å². The van der Waals surface area contributed by atoms with Crippen LogP contribution in [0.25, 0.3) is 0 Å². The molecule has 0 fully saturated rings. The predicted molar refractivity (Wildman–Crippen MR) is 61.6 cm³/mol. The molecule has 0 bridgehead atoms. The van der Waals surface area contributed by atoms with Crippen LogP contribution >= 0.6 is 0 Å². The summed E-state index contributed by atoms with van der Waals surface area (Å²) < 4.78 is 10.3. The van der Waals surface area contributed by atoms with Gasteiger partial charge >= 0.3 is 5.97 Å². The van der Waals surface area contributed by atoms with Gasteiger partial charge in [0.05, 0.1) is 18.8 Å². The first-order chi connectivity index (χ1) is 7.77. The minimum absolute atomic E-state index is 0.309. The van der Waals surface area contributed by atoms with Crippen molar-refractivity contribution in [2.45, 2.75) is 13.3 Å². The maximum atomic E-state index is 11.3. The van der Waals surface area contributed by atoms with Gasteiger partial charge in [-0.15, -0.1) is 0 Å². The molecule has 0 radical (unpaired) electrons. The minimum Gasteiger partial charge on any atom is -0.494 e. The first-order valence-electron chi connectivity index (χ1n) is 5.38. The monoisotopic (exact) mass is 223 g/mol. The van der Waals surface area contributed by atoms with Gasteiger partial charge in [-0.3, -0.25) is 0 Å². The third kappa shape index (κ3) is 3.90. The number of rotatable bonds is 6. The largest absolute Gasteiger partial charge is 0.494 e. The van der Waals surface area contributed by atoms with E-state index in [1.54, 1.807) is 31.2 Å². The molecule has 0 unspecified atom stereocenters. The number of hydrogen-bond donors (Lipinski definition) is 1. The molecule has 0 aliphatic carbocycles. The number of ether oxygens (including phenoxy) is 2. The van der Waals surface area contributed by atoms with Crippen LogP contribution in [0.4, 0.5) is 0 Å². The van der Waals surface area contributed by atoms with Crippen molar-refractivity contribution in [2.24, 2.45) is 5.73 Å². The maximum absolute atomic E-state index is 11.3. The molecule has 16 heavy (non-hydrogen) atoms. The lowest BCUT2D eigenvalue weighted by Gasteiger charge is -2.06. The number of benzene rings is 1. The van der Waals surface area contributed by atoms with Crippen molar-refractivity contribution in [3.63, 3.8) is 0 Å². The van der Waals surface area contributed by atoms with E-state index in [0.717, 1.165) is 12.2 Å². The molecule has 0 heterocycles. The van der Waals surface area contributed by atoms with E-state index in [1.165, 1.54) is 0 Å². The lowest BCUT2D eigenvalue weighted by molar-refractivity contribution is 0.0526. The Labute approximate surface area is 95.3 Å². The van der Waals surface area contributed by atoms with E-state index in [-0.39, 0.29) is 5.97 Å². The molecule has 4 nitrogen and oxygen atoms in total. The third-order valence-electron chi connectivity index (χ3n) is 1.98. The summed E-state index contributed by atoms with van der Waals surface area (Å²) in [5, 5.41) is 0. The van der Waals surface area contributed by atoms with Gasteiger partial charge < -0.3 is 15.2 Å². The van der Waals surface area contributed by atoms with Crippen LogP contribution in [-0.2, 0) is 4.74 Å². The van der Waals surface area contributed by atoms with Crippen LogP contribution in [0.5, 0.6) is 5.75 Å². The molecule has 0 aromatic heterocycles. The van der Waals surface area contributed by atoms with Crippen LogP contribution in [0.3, 0.4) is 0 Å². The van der Waals surface area contributed by atoms with Crippen molar-refractivity contribution in [1.82, 2.24) is 0 Å². The van der Waals surface area contributed by atoms with Gasteiger partial charge in [-0.1, -0.05) is 0 Å². The fourth-order valence-electron chi connectivity index (χ4n) is 1.18. The van der Waals surface area contributed by atoms with Crippen LogP contribution in [-0.4, -0.2) is 25.7 Å². The standard InChI is InChI=1S/C12H17NO3/c1-2-15-12(14)10-4-6-11(7-5-10)16-9-3-8-13/h4-7H,2-3,8-9,13H2,1H3. The van der Waals surface area contributed by atoms with Crippen molar-refractivity contribution in [3.05, 3.63) is 29.8 Å². The number of esters is 1. The van der Waals surface area contributed by atoms with E-state index in [9.17, 15) is 4.79 Å². The molecule has 0 aliphatic heterocycles. The summed E-state index contributed by atoms with van der Waals surface area (Å²) >= 11 is 0. The van der Waals surface area contributed by atoms with Crippen LogP contribution in [0, 0.1) is 0 Å². The van der Waals surface area contributed by atoms with E-state index in [1.807, 2.05) is 0 Å². The van der Waals surface area contributed by atoms with E-state index in [4.69, 9.17) is 15.2 Å². The quantitative estimate of drug-likeness (QED) is 0.587. The van der Waals surface area contributed by atoms with Gasteiger partial charge in [0.1, 0.15) is 5.75 Å². The first kappa shape index (κ1) is 12.5. The predicted octanol–water partition coefficient (Wildman–Crippen LogP) is 1.59. The smallest absolute Gasteiger partial charge is 0.338 e. The molecule has 0 saturated carbocycles. The van der Waals surface area contributed by atoms with Crippen molar-refractivity contribution < 1.29 is 14.3 Å². The molecule has 2 N–H and O–H groups in total. The average molecular weight is 223 g/mol. The molecule has 1 rings (SSSR count). The summed E-state index contributed by atoms with van der Waals surface area (Å²) in [7, 11) is 0.